The fourth-order valence-electron chi connectivity index (χ4n) is 2.49. The molecule has 0 saturated carbocycles. The molecule has 9 nitrogen and oxygen atoms in total. The molecule has 0 atom stereocenters. The molecule has 0 spiro atoms. The first-order valence-electron chi connectivity index (χ1n) is 8.10. The van der Waals surface area contributed by atoms with Crippen LogP contribution in [0.4, 0.5) is 11.8 Å². The van der Waals surface area contributed by atoms with Crippen LogP contribution in [0.15, 0.2) is 6.07 Å². The normalized spacial score (nSPS) is 15.4. The fourth-order valence-corrected chi connectivity index (χ4v) is 2.49. The molecule has 0 aromatic carbocycles. The highest BCUT2D eigenvalue weighted by molar-refractivity contribution is 5.93. The predicted molar refractivity (Wildman–Crippen MR) is 91.5 cm³/mol. The van der Waals surface area contributed by atoms with E-state index in [1.54, 1.807) is 20.2 Å². The third-order valence-electron chi connectivity index (χ3n) is 3.86. The SMILES string of the molecule is CNC(=O)c1cc(NCCO)nc(N2CCN(CCOC)CC2)n1. The van der Waals surface area contributed by atoms with Crippen LogP contribution in [0.2, 0.25) is 0 Å². The maximum absolute atomic E-state index is 11.9. The Bertz CT molecular complexity index is 534. The van der Waals surface area contributed by atoms with Gasteiger partial charge in [-0.15, -0.1) is 0 Å². The van der Waals surface area contributed by atoms with Gasteiger partial charge in [-0.3, -0.25) is 9.69 Å². The van der Waals surface area contributed by atoms with Crippen LogP contribution in [-0.2, 0) is 4.74 Å². The van der Waals surface area contributed by atoms with E-state index in [-0.39, 0.29) is 12.5 Å². The standard InChI is InChI=1S/C15H26N6O3/c1-16-14(23)12-11-13(17-3-9-22)19-15(18-12)21-6-4-20(5-7-21)8-10-24-2/h11,22H,3-10H2,1-2H3,(H,16,23)(H,17,18,19). The summed E-state index contributed by atoms with van der Waals surface area (Å²) in [7, 11) is 3.27. The van der Waals surface area contributed by atoms with E-state index in [1.807, 2.05) is 0 Å². The molecule has 0 unspecified atom stereocenters. The highest BCUT2D eigenvalue weighted by atomic mass is 16.5. The van der Waals surface area contributed by atoms with E-state index in [4.69, 9.17) is 9.84 Å². The van der Waals surface area contributed by atoms with Gasteiger partial charge >= 0.3 is 0 Å². The van der Waals surface area contributed by atoms with Crippen LogP contribution in [0.5, 0.6) is 0 Å². The highest BCUT2D eigenvalue weighted by Gasteiger charge is 2.20. The summed E-state index contributed by atoms with van der Waals surface area (Å²) in [5.74, 6) is 0.807. The Morgan fingerprint density at radius 1 is 1.33 bits per heavy atom. The van der Waals surface area contributed by atoms with Crippen LogP contribution in [-0.4, -0.2) is 92.5 Å². The Morgan fingerprint density at radius 3 is 2.71 bits per heavy atom. The van der Waals surface area contributed by atoms with Crippen LogP contribution in [0, 0.1) is 0 Å². The van der Waals surface area contributed by atoms with Crippen molar-refractivity contribution in [3.8, 4) is 0 Å². The minimum Gasteiger partial charge on any atom is -0.395 e. The van der Waals surface area contributed by atoms with E-state index in [0.29, 0.717) is 24.0 Å². The molecular formula is C15H26N6O3. The monoisotopic (exact) mass is 338 g/mol. The third-order valence-corrected chi connectivity index (χ3v) is 3.86. The number of carbonyl (C=O) groups excluding carboxylic acids is 1. The number of aliphatic hydroxyl groups is 1. The van der Waals surface area contributed by atoms with Crippen LogP contribution in [0.3, 0.4) is 0 Å². The van der Waals surface area contributed by atoms with E-state index in [1.165, 1.54) is 0 Å². The number of methoxy groups -OCH3 is 1. The molecule has 1 fully saturated rings. The lowest BCUT2D eigenvalue weighted by atomic mass is 10.3. The molecule has 2 rings (SSSR count). The van der Waals surface area contributed by atoms with Gasteiger partial charge in [0, 0.05) is 59.5 Å². The Labute approximate surface area is 142 Å². The average Bonchev–Trinajstić information content (AvgIpc) is 2.64. The largest absolute Gasteiger partial charge is 0.395 e. The van der Waals surface area contributed by atoms with Crippen molar-refractivity contribution in [2.75, 3.05) is 76.9 Å². The van der Waals surface area contributed by atoms with Gasteiger partial charge in [-0.2, -0.15) is 4.98 Å². The summed E-state index contributed by atoms with van der Waals surface area (Å²) in [6.07, 6.45) is 0. The number of aromatic nitrogens is 2. The lowest BCUT2D eigenvalue weighted by Crippen LogP contribution is -2.48. The summed E-state index contributed by atoms with van der Waals surface area (Å²) >= 11 is 0. The van der Waals surface area contributed by atoms with Gasteiger partial charge in [-0.1, -0.05) is 0 Å². The van der Waals surface area contributed by atoms with Crippen molar-refractivity contribution in [2.45, 2.75) is 0 Å². The Hall–Kier alpha value is -1.97. The number of aliphatic hydroxyl groups excluding tert-OH is 1. The van der Waals surface area contributed by atoms with Crippen molar-refractivity contribution in [3.05, 3.63) is 11.8 Å². The summed E-state index contributed by atoms with van der Waals surface area (Å²) in [5.41, 5.74) is 0.310. The van der Waals surface area contributed by atoms with E-state index in [2.05, 4.69) is 30.4 Å². The van der Waals surface area contributed by atoms with E-state index in [9.17, 15) is 4.79 Å². The van der Waals surface area contributed by atoms with Crippen LogP contribution >= 0.6 is 0 Å². The molecule has 134 valence electrons. The number of rotatable bonds is 8. The number of hydrogen-bond acceptors (Lipinski definition) is 8. The van der Waals surface area contributed by atoms with Crippen molar-refractivity contribution in [1.29, 1.82) is 0 Å². The first-order valence-corrected chi connectivity index (χ1v) is 8.10. The number of piperazine rings is 1. The minimum atomic E-state index is -0.260. The second-order valence-electron chi connectivity index (χ2n) is 5.49. The second-order valence-corrected chi connectivity index (χ2v) is 5.49. The van der Waals surface area contributed by atoms with Crippen molar-refractivity contribution in [2.24, 2.45) is 0 Å². The number of nitrogens with zero attached hydrogens (tertiary/aromatic N) is 4. The molecule has 1 aliphatic rings. The first-order chi connectivity index (χ1) is 11.7. The molecule has 9 heteroatoms. The first kappa shape index (κ1) is 18.4. The Morgan fingerprint density at radius 2 is 2.08 bits per heavy atom. The van der Waals surface area contributed by atoms with Gasteiger partial charge in [0.2, 0.25) is 5.95 Å². The zero-order valence-electron chi connectivity index (χ0n) is 14.3. The third kappa shape index (κ3) is 5.02. The molecule has 24 heavy (non-hydrogen) atoms. The number of amides is 1. The lowest BCUT2D eigenvalue weighted by Gasteiger charge is -2.34. The molecule has 1 aliphatic heterocycles. The maximum Gasteiger partial charge on any atom is 0.269 e. The molecule has 1 aromatic heterocycles. The maximum atomic E-state index is 11.9. The molecule has 0 bridgehead atoms. The van der Waals surface area contributed by atoms with Gasteiger partial charge in [0.25, 0.3) is 5.91 Å². The summed E-state index contributed by atoms with van der Waals surface area (Å²) in [6, 6.07) is 1.59. The van der Waals surface area contributed by atoms with Crippen molar-refractivity contribution >= 4 is 17.7 Å². The van der Waals surface area contributed by atoms with Gasteiger partial charge in [-0.05, 0) is 0 Å². The Balaban J connectivity index is 2.09. The summed E-state index contributed by atoms with van der Waals surface area (Å²) in [5, 5.41) is 14.5. The van der Waals surface area contributed by atoms with Crippen LogP contribution in [0.25, 0.3) is 0 Å². The minimum absolute atomic E-state index is 0.00713. The number of carbonyl (C=O) groups is 1. The molecule has 1 saturated heterocycles. The molecule has 0 radical (unpaired) electrons. The van der Waals surface area contributed by atoms with Crippen molar-refractivity contribution in [1.82, 2.24) is 20.2 Å². The molecule has 1 aromatic rings. The lowest BCUT2D eigenvalue weighted by molar-refractivity contribution is 0.0958. The van der Waals surface area contributed by atoms with Crippen molar-refractivity contribution < 1.29 is 14.6 Å². The molecule has 2 heterocycles. The van der Waals surface area contributed by atoms with E-state index < -0.39 is 0 Å². The fraction of sp³-hybridized carbons (Fsp3) is 0.667. The topological polar surface area (TPSA) is 103 Å². The molecule has 0 aliphatic carbocycles. The average molecular weight is 338 g/mol. The van der Waals surface area contributed by atoms with Gasteiger partial charge < -0.3 is 25.4 Å². The predicted octanol–water partition coefficient (Wildman–Crippen LogP) is -0.991. The zero-order valence-corrected chi connectivity index (χ0v) is 14.3. The van der Waals surface area contributed by atoms with Crippen molar-refractivity contribution in [3.63, 3.8) is 0 Å². The van der Waals surface area contributed by atoms with Gasteiger partial charge in [-0.25, -0.2) is 4.98 Å². The van der Waals surface area contributed by atoms with Gasteiger partial charge in [0.05, 0.1) is 13.2 Å². The van der Waals surface area contributed by atoms with Crippen LogP contribution < -0.4 is 15.5 Å². The second kappa shape index (κ2) is 9.36. The highest BCUT2D eigenvalue weighted by Crippen LogP contribution is 2.16. The van der Waals surface area contributed by atoms with E-state index >= 15 is 0 Å². The Kier molecular flexibility index (Phi) is 7.16. The van der Waals surface area contributed by atoms with E-state index in [0.717, 1.165) is 39.3 Å². The number of hydrogen-bond donors (Lipinski definition) is 3. The molecule has 1 amide bonds. The molecular weight excluding hydrogens is 312 g/mol. The van der Waals surface area contributed by atoms with Gasteiger partial charge in [0.15, 0.2) is 0 Å². The van der Waals surface area contributed by atoms with Gasteiger partial charge in [0.1, 0.15) is 11.5 Å². The van der Waals surface area contributed by atoms with Crippen LogP contribution in [0.1, 0.15) is 10.5 Å². The summed E-state index contributed by atoms with van der Waals surface area (Å²) < 4.78 is 5.11. The quantitative estimate of drug-likeness (QED) is 0.555. The summed E-state index contributed by atoms with van der Waals surface area (Å²) in [6.45, 7) is 5.37. The number of nitrogens with one attached hydrogen (secondary N) is 2. The molecule has 3 N–H and O–H groups in total. The summed E-state index contributed by atoms with van der Waals surface area (Å²) in [4.78, 5) is 25.2. The zero-order chi connectivity index (χ0) is 17.4. The number of anilines is 2. The smallest absolute Gasteiger partial charge is 0.269 e. The number of ether oxygens (including phenoxy) is 1.